The van der Waals surface area contributed by atoms with Crippen molar-refractivity contribution in [1.82, 2.24) is 0 Å². The fraction of sp³-hybridized carbons (Fsp3) is 0.235. The van der Waals surface area contributed by atoms with Gasteiger partial charge in [0.15, 0.2) is 5.96 Å². The average molecular weight is 360 g/mol. The summed E-state index contributed by atoms with van der Waals surface area (Å²) in [6, 6.07) is 11.7. The Morgan fingerprint density at radius 1 is 1.18 bits per heavy atom. The highest BCUT2D eigenvalue weighted by Gasteiger charge is 2.10. The van der Waals surface area contributed by atoms with Crippen LogP contribution in [0.5, 0.6) is 5.75 Å². The Labute approximate surface area is 138 Å². The minimum absolute atomic E-state index is 0.219. The van der Waals surface area contributed by atoms with Crippen LogP contribution < -0.4 is 11.1 Å². The molecule has 3 rings (SSSR count). The maximum atomic E-state index is 9.47. The lowest BCUT2D eigenvalue weighted by atomic mass is 10.1. The molecule has 4 nitrogen and oxygen atoms in total. The van der Waals surface area contributed by atoms with Crippen LogP contribution in [0, 0.1) is 0 Å². The molecule has 22 heavy (non-hydrogen) atoms. The number of nitrogens with zero attached hydrogens (tertiary/aromatic N) is 1. The molecular formula is C17H18BrN3O. The van der Waals surface area contributed by atoms with Crippen molar-refractivity contribution in [2.75, 3.05) is 5.32 Å². The van der Waals surface area contributed by atoms with Gasteiger partial charge < -0.3 is 16.2 Å². The summed E-state index contributed by atoms with van der Waals surface area (Å²) in [5, 5.41) is 12.6. The quantitative estimate of drug-likeness (QED) is 0.579. The van der Waals surface area contributed by atoms with E-state index in [9.17, 15) is 5.11 Å². The first-order valence-corrected chi connectivity index (χ1v) is 8.07. The normalized spacial score (nSPS) is 14.0. The summed E-state index contributed by atoms with van der Waals surface area (Å²) in [5.41, 5.74) is 10.7. The summed E-state index contributed by atoms with van der Waals surface area (Å²) >= 11 is 3.29. The molecule has 0 aliphatic heterocycles. The molecule has 1 aliphatic rings. The van der Waals surface area contributed by atoms with E-state index in [1.807, 2.05) is 18.2 Å². The van der Waals surface area contributed by atoms with Gasteiger partial charge in [0.25, 0.3) is 0 Å². The Hall–Kier alpha value is -2.01. The molecule has 0 aromatic heterocycles. The Morgan fingerprint density at radius 3 is 2.82 bits per heavy atom. The Kier molecular flexibility index (Phi) is 4.34. The van der Waals surface area contributed by atoms with Gasteiger partial charge in [0.2, 0.25) is 0 Å². The van der Waals surface area contributed by atoms with E-state index in [0.29, 0.717) is 17.0 Å². The van der Waals surface area contributed by atoms with Crippen LogP contribution >= 0.6 is 15.9 Å². The van der Waals surface area contributed by atoms with Crippen LogP contribution in [0.2, 0.25) is 0 Å². The smallest absolute Gasteiger partial charge is 0.193 e. The van der Waals surface area contributed by atoms with Gasteiger partial charge in [-0.05, 0) is 76.1 Å². The number of rotatable bonds is 3. The summed E-state index contributed by atoms with van der Waals surface area (Å²) in [6.45, 7) is 0.461. The predicted octanol–water partition coefficient (Wildman–Crippen LogP) is 3.57. The van der Waals surface area contributed by atoms with Crippen LogP contribution in [0.3, 0.4) is 0 Å². The van der Waals surface area contributed by atoms with Gasteiger partial charge in [-0.3, -0.25) is 0 Å². The molecule has 0 bridgehead atoms. The van der Waals surface area contributed by atoms with E-state index in [4.69, 9.17) is 5.73 Å². The van der Waals surface area contributed by atoms with Gasteiger partial charge in [0.1, 0.15) is 5.75 Å². The third kappa shape index (κ3) is 3.42. The van der Waals surface area contributed by atoms with Crippen molar-refractivity contribution < 1.29 is 5.11 Å². The molecule has 114 valence electrons. The zero-order valence-corrected chi connectivity index (χ0v) is 13.7. The number of phenols is 1. The van der Waals surface area contributed by atoms with E-state index in [0.717, 1.165) is 17.7 Å². The number of halogens is 1. The lowest BCUT2D eigenvalue weighted by molar-refractivity contribution is 0.471. The number of aryl methyl sites for hydroxylation is 2. The zero-order valence-electron chi connectivity index (χ0n) is 12.1. The van der Waals surface area contributed by atoms with Crippen molar-refractivity contribution in [2.45, 2.75) is 25.8 Å². The number of fused-ring (bicyclic) bond motifs is 1. The molecule has 2 aromatic rings. The number of phenolic OH excluding ortho intramolecular Hbond substituents is 1. The topological polar surface area (TPSA) is 70.6 Å². The number of guanidine groups is 1. The van der Waals surface area contributed by atoms with E-state index < -0.39 is 0 Å². The average Bonchev–Trinajstić information content (AvgIpc) is 2.96. The highest BCUT2D eigenvalue weighted by Crippen LogP contribution is 2.25. The molecule has 0 radical (unpaired) electrons. The minimum atomic E-state index is 0.219. The lowest BCUT2D eigenvalue weighted by Gasteiger charge is -2.08. The fourth-order valence-corrected chi connectivity index (χ4v) is 3.09. The van der Waals surface area contributed by atoms with Crippen LogP contribution in [0.4, 0.5) is 5.69 Å². The number of aromatic hydroxyl groups is 1. The van der Waals surface area contributed by atoms with Gasteiger partial charge in [0, 0.05) is 5.69 Å². The molecule has 0 saturated carbocycles. The van der Waals surface area contributed by atoms with Crippen molar-refractivity contribution in [3.05, 3.63) is 57.6 Å². The first-order valence-electron chi connectivity index (χ1n) is 7.28. The van der Waals surface area contributed by atoms with E-state index in [-0.39, 0.29) is 5.75 Å². The summed E-state index contributed by atoms with van der Waals surface area (Å²) < 4.78 is 0.658. The predicted molar refractivity (Wildman–Crippen MR) is 93.2 cm³/mol. The lowest BCUT2D eigenvalue weighted by Crippen LogP contribution is -2.22. The molecule has 0 fully saturated rings. The number of anilines is 1. The van der Waals surface area contributed by atoms with Crippen LogP contribution in [0.25, 0.3) is 0 Å². The van der Waals surface area contributed by atoms with Gasteiger partial charge >= 0.3 is 0 Å². The monoisotopic (exact) mass is 359 g/mol. The second kappa shape index (κ2) is 6.40. The van der Waals surface area contributed by atoms with Gasteiger partial charge in [0.05, 0.1) is 11.0 Å². The third-order valence-corrected chi connectivity index (χ3v) is 4.45. The number of benzene rings is 2. The van der Waals surface area contributed by atoms with Crippen molar-refractivity contribution in [3.8, 4) is 5.75 Å². The first-order chi connectivity index (χ1) is 10.6. The molecule has 0 unspecified atom stereocenters. The highest BCUT2D eigenvalue weighted by molar-refractivity contribution is 9.10. The Morgan fingerprint density at radius 2 is 2.00 bits per heavy atom. The van der Waals surface area contributed by atoms with Crippen LogP contribution in [-0.4, -0.2) is 11.1 Å². The zero-order chi connectivity index (χ0) is 15.5. The number of aliphatic imine (C=N–C) groups is 1. The summed E-state index contributed by atoms with van der Waals surface area (Å²) in [7, 11) is 0. The maximum Gasteiger partial charge on any atom is 0.193 e. The number of hydrogen-bond acceptors (Lipinski definition) is 2. The largest absolute Gasteiger partial charge is 0.507 e. The van der Waals surface area contributed by atoms with Gasteiger partial charge in [-0.25, -0.2) is 4.99 Å². The third-order valence-electron chi connectivity index (χ3n) is 3.81. The van der Waals surface area contributed by atoms with Crippen molar-refractivity contribution in [3.63, 3.8) is 0 Å². The molecule has 0 amide bonds. The van der Waals surface area contributed by atoms with Crippen LogP contribution in [0.1, 0.15) is 23.1 Å². The Balaban J connectivity index is 1.66. The second-order valence-electron chi connectivity index (χ2n) is 5.45. The van der Waals surface area contributed by atoms with E-state index in [1.54, 1.807) is 6.07 Å². The molecule has 0 spiro atoms. The molecule has 0 atom stereocenters. The van der Waals surface area contributed by atoms with Crippen molar-refractivity contribution >= 4 is 27.6 Å². The summed E-state index contributed by atoms with van der Waals surface area (Å²) in [6.07, 6.45) is 3.55. The van der Waals surface area contributed by atoms with Crippen LogP contribution in [0.15, 0.2) is 45.9 Å². The number of hydrogen-bond donors (Lipinski definition) is 3. The number of nitrogens with two attached hydrogens (primary N) is 1. The van der Waals surface area contributed by atoms with Crippen molar-refractivity contribution in [1.29, 1.82) is 0 Å². The van der Waals surface area contributed by atoms with Gasteiger partial charge in [-0.15, -0.1) is 0 Å². The van der Waals surface area contributed by atoms with Crippen molar-refractivity contribution in [2.24, 2.45) is 10.7 Å². The second-order valence-corrected chi connectivity index (χ2v) is 6.30. The maximum absolute atomic E-state index is 9.47. The minimum Gasteiger partial charge on any atom is -0.507 e. The Bertz CT molecular complexity index is 728. The highest BCUT2D eigenvalue weighted by atomic mass is 79.9. The molecular weight excluding hydrogens is 342 g/mol. The van der Waals surface area contributed by atoms with Crippen LogP contribution in [-0.2, 0) is 19.4 Å². The summed E-state index contributed by atoms with van der Waals surface area (Å²) in [4.78, 5) is 4.33. The molecule has 0 saturated heterocycles. The molecule has 4 N–H and O–H groups in total. The summed E-state index contributed by atoms with van der Waals surface area (Å²) in [5.74, 6) is 0.610. The number of nitrogens with one attached hydrogen (secondary N) is 1. The molecule has 5 heteroatoms. The van der Waals surface area contributed by atoms with Gasteiger partial charge in [-0.2, -0.15) is 0 Å². The first kappa shape index (κ1) is 14.9. The van der Waals surface area contributed by atoms with E-state index in [2.05, 4.69) is 38.4 Å². The standard InChI is InChI=1S/C17H18BrN3O/c18-15-8-11(4-7-16(15)22)10-20-17(19)21-14-6-5-12-2-1-3-13(12)9-14/h4-9,22H,1-3,10H2,(H3,19,20,21). The van der Waals surface area contributed by atoms with E-state index >= 15 is 0 Å². The SMILES string of the molecule is NC(=NCc1ccc(O)c(Br)c1)Nc1ccc2c(c1)CCC2. The van der Waals surface area contributed by atoms with Gasteiger partial charge in [-0.1, -0.05) is 12.1 Å². The fourth-order valence-electron chi connectivity index (χ4n) is 2.66. The van der Waals surface area contributed by atoms with E-state index in [1.165, 1.54) is 24.0 Å². The molecule has 1 aliphatic carbocycles. The molecule has 0 heterocycles. The molecule has 2 aromatic carbocycles.